The fraction of sp³-hybridized carbons (Fsp3) is 1.00. The topological polar surface area (TPSA) is 21.7 Å². The summed E-state index contributed by atoms with van der Waals surface area (Å²) in [5, 5.41) is 0. The molecule has 0 amide bonds. The Labute approximate surface area is 80.0 Å². The molecule has 3 heteroatoms. The summed E-state index contributed by atoms with van der Waals surface area (Å²) in [4.78, 5) is 2.41. The fourth-order valence-electron chi connectivity index (χ4n) is 2.02. The molecule has 13 heavy (non-hydrogen) atoms. The number of hydrogen-bond acceptors (Lipinski definition) is 3. The van der Waals surface area contributed by atoms with E-state index in [0.717, 1.165) is 38.8 Å². The highest BCUT2D eigenvalue weighted by atomic mass is 16.5. The maximum absolute atomic E-state index is 5.80. The molecule has 2 heterocycles. The Morgan fingerprint density at radius 3 is 2.54 bits per heavy atom. The van der Waals surface area contributed by atoms with Gasteiger partial charge in [0.15, 0.2) is 0 Å². The van der Waals surface area contributed by atoms with E-state index in [1.807, 2.05) is 0 Å². The number of hydrogen-bond donors (Lipinski definition) is 0. The zero-order valence-corrected chi connectivity index (χ0v) is 8.37. The van der Waals surface area contributed by atoms with Gasteiger partial charge in [0.25, 0.3) is 0 Å². The van der Waals surface area contributed by atoms with Gasteiger partial charge in [0.05, 0.1) is 19.8 Å². The van der Waals surface area contributed by atoms with E-state index in [1.54, 1.807) is 0 Å². The highest BCUT2D eigenvalue weighted by Gasteiger charge is 2.25. The van der Waals surface area contributed by atoms with Crippen LogP contribution < -0.4 is 0 Å². The largest absolute Gasteiger partial charge is 0.379 e. The van der Waals surface area contributed by atoms with Gasteiger partial charge in [-0.3, -0.25) is 4.90 Å². The van der Waals surface area contributed by atoms with Gasteiger partial charge in [-0.1, -0.05) is 6.92 Å². The van der Waals surface area contributed by atoms with Crippen LogP contribution in [0.5, 0.6) is 0 Å². The lowest BCUT2D eigenvalue weighted by atomic mass is 10.0. The minimum atomic E-state index is 0.375. The summed E-state index contributed by atoms with van der Waals surface area (Å²) >= 11 is 0. The number of morpholine rings is 1. The molecule has 0 saturated carbocycles. The van der Waals surface area contributed by atoms with E-state index in [1.165, 1.54) is 12.8 Å². The van der Waals surface area contributed by atoms with Crippen molar-refractivity contribution in [2.45, 2.75) is 26.0 Å². The molecular formula is C10H19NO2. The van der Waals surface area contributed by atoms with Gasteiger partial charge in [-0.15, -0.1) is 0 Å². The molecule has 2 fully saturated rings. The zero-order valence-electron chi connectivity index (χ0n) is 8.37. The van der Waals surface area contributed by atoms with Crippen molar-refractivity contribution in [3.05, 3.63) is 0 Å². The molecular weight excluding hydrogens is 166 g/mol. The Morgan fingerprint density at radius 2 is 1.92 bits per heavy atom. The average Bonchev–Trinajstić information content (AvgIpc) is 2.20. The lowest BCUT2D eigenvalue weighted by Crippen LogP contribution is -2.46. The first-order chi connectivity index (χ1) is 6.36. The first kappa shape index (κ1) is 9.44. The molecule has 3 nitrogen and oxygen atoms in total. The summed E-state index contributed by atoms with van der Waals surface area (Å²) < 4.78 is 11.1. The third-order valence-corrected chi connectivity index (χ3v) is 2.93. The van der Waals surface area contributed by atoms with Crippen LogP contribution >= 0.6 is 0 Å². The number of nitrogens with zero attached hydrogens (tertiary/aromatic N) is 1. The lowest BCUT2D eigenvalue weighted by Gasteiger charge is -2.37. The molecule has 0 radical (unpaired) electrons. The van der Waals surface area contributed by atoms with Crippen LogP contribution in [0.3, 0.4) is 0 Å². The van der Waals surface area contributed by atoms with Gasteiger partial charge in [-0.25, -0.2) is 0 Å². The molecule has 0 aromatic heterocycles. The first-order valence-corrected chi connectivity index (χ1v) is 5.29. The molecule has 0 bridgehead atoms. The Kier molecular flexibility index (Phi) is 3.19. The second kappa shape index (κ2) is 4.40. The van der Waals surface area contributed by atoms with Crippen molar-refractivity contribution in [1.82, 2.24) is 4.90 Å². The van der Waals surface area contributed by atoms with Crippen molar-refractivity contribution in [2.24, 2.45) is 5.92 Å². The third kappa shape index (κ3) is 2.42. The summed E-state index contributed by atoms with van der Waals surface area (Å²) in [6, 6.07) is 0. The van der Waals surface area contributed by atoms with Gasteiger partial charge >= 0.3 is 0 Å². The van der Waals surface area contributed by atoms with E-state index in [2.05, 4.69) is 11.8 Å². The van der Waals surface area contributed by atoms with Gasteiger partial charge < -0.3 is 9.47 Å². The standard InChI is InChI=1S/C10H19NO2/c1-9-2-3-10(13-8-9)11-4-6-12-7-5-11/h9-10H,2-8H2,1H3. The fourth-order valence-corrected chi connectivity index (χ4v) is 2.02. The Hall–Kier alpha value is -0.120. The molecule has 0 spiro atoms. The first-order valence-electron chi connectivity index (χ1n) is 5.29. The number of rotatable bonds is 1. The van der Waals surface area contributed by atoms with E-state index in [9.17, 15) is 0 Å². The molecule has 76 valence electrons. The van der Waals surface area contributed by atoms with Crippen LogP contribution in [0.1, 0.15) is 19.8 Å². The average molecular weight is 185 g/mol. The quantitative estimate of drug-likeness (QED) is 0.610. The molecule has 0 aromatic carbocycles. The van der Waals surface area contributed by atoms with Crippen molar-refractivity contribution >= 4 is 0 Å². The molecule has 0 aromatic rings. The third-order valence-electron chi connectivity index (χ3n) is 2.93. The minimum absolute atomic E-state index is 0.375. The van der Waals surface area contributed by atoms with E-state index < -0.39 is 0 Å². The molecule has 0 N–H and O–H groups in total. The maximum Gasteiger partial charge on any atom is 0.110 e. The Balaban J connectivity index is 1.79. The normalized spacial score (nSPS) is 37.6. The smallest absolute Gasteiger partial charge is 0.110 e. The van der Waals surface area contributed by atoms with Crippen molar-refractivity contribution in [2.75, 3.05) is 32.9 Å². The molecule has 2 aliphatic rings. The molecule has 2 atom stereocenters. The zero-order chi connectivity index (χ0) is 9.10. The summed E-state index contributed by atoms with van der Waals surface area (Å²) in [5.41, 5.74) is 0. The predicted molar refractivity (Wildman–Crippen MR) is 50.5 cm³/mol. The Morgan fingerprint density at radius 1 is 1.15 bits per heavy atom. The van der Waals surface area contributed by atoms with Gasteiger partial charge in [0.2, 0.25) is 0 Å². The van der Waals surface area contributed by atoms with Crippen LogP contribution in [0.25, 0.3) is 0 Å². The SMILES string of the molecule is CC1CCC(N2CCOCC2)OC1. The lowest BCUT2D eigenvalue weighted by molar-refractivity contribution is -0.127. The summed E-state index contributed by atoms with van der Waals surface area (Å²) in [5.74, 6) is 0.747. The van der Waals surface area contributed by atoms with E-state index in [-0.39, 0.29) is 0 Å². The molecule has 2 rings (SSSR count). The molecule has 2 aliphatic heterocycles. The van der Waals surface area contributed by atoms with Crippen molar-refractivity contribution in [3.63, 3.8) is 0 Å². The highest BCUT2D eigenvalue weighted by Crippen LogP contribution is 2.21. The van der Waals surface area contributed by atoms with Crippen molar-refractivity contribution in [1.29, 1.82) is 0 Å². The van der Waals surface area contributed by atoms with E-state index in [0.29, 0.717) is 6.23 Å². The maximum atomic E-state index is 5.80. The van der Waals surface area contributed by atoms with E-state index in [4.69, 9.17) is 9.47 Å². The molecule has 2 saturated heterocycles. The van der Waals surface area contributed by atoms with Crippen LogP contribution in [0, 0.1) is 5.92 Å². The van der Waals surface area contributed by atoms with Crippen LogP contribution in [0.15, 0.2) is 0 Å². The van der Waals surface area contributed by atoms with Crippen LogP contribution in [-0.4, -0.2) is 44.0 Å². The second-order valence-electron chi connectivity index (χ2n) is 4.12. The van der Waals surface area contributed by atoms with Crippen LogP contribution in [0.4, 0.5) is 0 Å². The van der Waals surface area contributed by atoms with E-state index >= 15 is 0 Å². The van der Waals surface area contributed by atoms with Gasteiger partial charge in [-0.2, -0.15) is 0 Å². The van der Waals surface area contributed by atoms with Gasteiger partial charge in [-0.05, 0) is 18.8 Å². The van der Waals surface area contributed by atoms with Gasteiger partial charge in [0.1, 0.15) is 6.23 Å². The van der Waals surface area contributed by atoms with Crippen LogP contribution in [-0.2, 0) is 9.47 Å². The summed E-state index contributed by atoms with van der Waals surface area (Å²) in [6.07, 6.45) is 2.88. The minimum Gasteiger partial charge on any atom is -0.379 e. The molecule has 0 aliphatic carbocycles. The monoisotopic (exact) mass is 185 g/mol. The highest BCUT2D eigenvalue weighted by molar-refractivity contribution is 4.71. The second-order valence-corrected chi connectivity index (χ2v) is 4.12. The number of ether oxygens (including phenoxy) is 2. The van der Waals surface area contributed by atoms with Crippen molar-refractivity contribution in [3.8, 4) is 0 Å². The predicted octanol–water partition coefficient (Wildman–Crippen LogP) is 1.09. The Bertz CT molecular complexity index is 149. The summed E-state index contributed by atoms with van der Waals surface area (Å²) in [7, 11) is 0. The summed E-state index contributed by atoms with van der Waals surface area (Å²) in [6.45, 7) is 7.01. The molecule has 2 unspecified atom stereocenters. The van der Waals surface area contributed by atoms with Gasteiger partial charge in [0, 0.05) is 13.1 Å². The van der Waals surface area contributed by atoms with Crippen LogP contribution in [0.2, 0.25) is 0 Å². The van der Waals surface area contributed by atoms with Crippen molar-refractivity contribution < 1.29 is 9.47 Å².